The van der Waals surface area contributed by atoms with Crippen LogP contribution >= 0.6 is 0 Å². The number of imide groups is 2. The monoisotopic (exact) mass is 368 g/mol. The molecule has 2 aromatic rings. The van der Waals surface area contributed by atoms with Gasteiger partial charge in [-0.15, -0.1) is 0 Å². The first-order valence-electron chi connectivity index (χ1n) is 7.99. The van der Waals surface area contributed by atoms with Crippen LogP contribution in [-0.4, -0.2) is 28.1 Å². The van der Waals surface area contributed by atoms with Gasteiger partial charge < -0.3 is 14.9 Å². The van der Waals surface area contributed by atoms with E-state index in [2.05, 4.69) is 0 Å². The fourth-order valence-corrected chi connectivity index (χ4v) is 2.50. The van der Waals surface area contributed by atoms with Gasteiger partial charge >= 0.3 is 6.03 Å². The second kappa shape index (κ2) is 7.81. The van der Waals surface area contributed by atoms with Crippen LogP contribution in [0.25, 0.3) is 6.08 Å². The van der Waals surface area contributed by atoms with E-state index in [1.807, 2.05) is 10.6 Å². The Morgan fingerprint density at radius 1 is 0.963 bits per heavy atom. The van der Waals surface area contributed by atoms with Gasteiger partial charge in [0.1, 0.15) is 17.9 Å². The average molecular weight is 368 g/mol. The van der Waals surface area contributed by atoms with Crippen molar-refractivity contribution in [3.05, 3.63) is 70.8 Å². The summed E-state index contributed by atoms with van der Waals surface area (Å²) >= 11 is 0. The molecule has 27 heavy (non-hydrogen) atoms. The van der Waals surface area contributed by atoms with Gasteiger partial charge in [0, 0.05) is 11.1 Å². The van der Waals surface area contributed by atoms with Crippen LogP contribution in [0.5, 0.6) is 5.75 Å². The highest BCUT2D eigenvalue weighted by Crippen LogP contribution is 2.23. The molecule has 0 radical (unpaired) electrons. The number of barbiturate groups is 1. The first-order valence-corrected chi connectivity index (χ1v) is 7.99. The first-order chi connectivity index (χ1) is 12.9. The standard InChI is InChI=1S/C19H16N2O6/c22-16-14(17(23)21-19(26)20-16)9-12-5-1-2-7-15(12)27-10-11-4-3-6-13(8-11)18(24)25/h1-9,18,24-25H,10H2,(H2,20,21,22,23,26). The summed E-state index contributed by atoms with van der Waals surface area (Å²) in [6, 6.07) is 12.5. The molecule has 1 saturated heterocycles. The molecule has 0 aliphatic carbocycles. The van der Waals surface area contributed by atoms with Crippen LogP contribution in [0.4, 0.5) is 4.79 Å². The van der Waals surface area contributed by atoms with Crippen molar-refractivity contribution in [2.75, 3.05) is 0 Å². The van der Waals surface area contributed by atoms with E-state index in [9.17, 15) is 24.6 Å². The van der Waals surface area contributed by atoms with E-state index in [0.29, 0.717) is 22.4 Å². The molecule has 8 nitrogen and oxygen atoms in total. The smallest absolute Gasteiger partial charge is 0.328 e. The fraction of sp³-hybridized carbons (Fsp3) is 0.105. The summed E-state index contributed by atoms with van der Waals surface area (Å²) in [5, 5.41) is 22.5. The van der Waals surface area contributed by atoms with Crippen molar-refractivity contribution < 1.29 is 29.3 Å². The van der Waals surface area contributed by atoms with E-state index in [1.54, 1.807) is 48.5 Å². The van der Waals surface area contributed by atoms with Gasteiger partial charge in [-0.05, 0) is 23.8 Å². The van der Waals surface area contributed by atoms with Crippen molar-refractivity contribution in [1.82, 2.24) is 10.6 Å². The molecule has 4 amide bonds. The molecule has 1 fully saturated rings. The number of aliphatic hydroxyl groups is 2. The van der Waals surface area contributed by atoms with Gasteiger partial charge in [0.15, 0.2) is 6.29 Å². The number of ether oxygens (including phenoxy) is 1. The zero-order chi connectivity index (χ0) is 19.4. The zero-order valence-corrected chi connectivity index (χ0v) is 14.0. The maximum absolute atomic E-state index is 11.9. The number of aliphatic hydroxyl groups excluding tert-OH is 1. The maximum atomic E-state index is 11.9. The quantitative estimate of drug-likeness (QED) is 0.354. The number of nitrogens with one attached hydrogen (secondary N) is 2. The first kappa shape index (κ1) is 18.3. The van der Waals surface area contributed by atoms with Crippen LogP contribution in [0.1, 0.15) is 23.0 Å². The molecule has 3 rings (SSSR count). The highest BCUT2D eigenvalue weighted by molar-refractivity contribution is 6.31. The molecule has 0 bridgehead atoms. The number of rotatable bonds is 5. The largest absolute Gasteiger partial charge is 0.488 e. The molecular weight excluding hydrogens is 352 g/mol. The van der Waals surface area contributed by atoms with Crippen molar-refractivity contribution in [2.24, 2.45) is 0 Å². The van der Waals surface area contributed by atoms with E-state index in [-0.39, 0.29) is 12.2 Å². The number of urea groups is 1. The van der Waals surface area contributed by atoms with E-state index < -0.39 is 24.1 Å². The number of para-hydroxylation sites is 1. The topological polar surface area (TPSA) is 125 Å². The average Bonchev–Trinajstić information content (AvgIpc) is 2.64. The summed E-state index contributed by atoms with van der Waals surface area (Å²) in [7, 11) is 0. The lowest BCUT2D eigenvalue weighted by Gasteiger charge is -2.15. The Balaban J connectivity index is 1.81. The van der Waals surface area contributed by atoms with Gasteiger partial charge in [0.25, 0.3) is 11.8 Å². The Kier molecular flexibility index (Phi) is 5.30. The molecule has 0 unspecified atom stereocenters. The third kappa shape index (κ3) is 4.38. The minimum atomic E-state index is -1.58. The predicted molar refractivity (Wildman–Crippen MR) is 94.1 cm³/mol. The van der Waals surface area contributed by atoms with E-state index in [1.165, 1.54) is 6.08 Å². The normalized spacial score (nSPS) is 14.0. The maximum Gasteiger partial charge on any atom is 0.328 e. The van der Waals surface area contributed by atoms with Crippen LogP contribution in [-0.2, 0) is 16.2 Å². The number of hydrogen-bond acceptors (Lipinski definition) is 6. The van der Waals surface area contributed by atoms with Crippen molar-refractivity contribution in [3.63, 3.8) is 0 Å². The predicted octanol–water partition coefficient (Wildman–Crippen LogP) is 0.998. The molecule has 0 aromatic heterocycles. The molecule has 1 aliphatic rings. The summed E-state index contributed by atoms with van der Waals surface area (Å²) in [6.45, 7) is 0.137. The molecule has 8 heteroatoms. The van der Waals surface area contributed by atoms with Gasteiger partial charge in [-0.25, -0.2) is 4.79 Å². The van der Waals surface area contributed by atoms with E-state index in [0.717, 1.165) is 0 Å². The summed E-state index contributed by atoms with van der Waals surface area (Å²) < 4.78 is 5.75. The molecule has 1 heterocycles. The van der Waals surface area contributed by atoms with Crippen molar-refractivity contribution in [1.29, 1.82) is 0 Å². The van der Waals surface area contributed by atoms with Crippen LogP contribution in [0.3, 0.4) is 0 Å². The third-order valence-electron chi connectivity index (χ3n) is 3.81. The summed E-state index contributed by atoms with van der Waals surface area (Å²) in [5.41, 5.74) is 1.31. The number of carbonyl (C=O) groups excluding carboxylic acids is 3. The molecule has 1 aliphatic heterocycles. The van der Waals surface area contributed by atoms with Crippen LogP contribution in [0.2, 0.25) is 0 Å². The number of benzene rings is 2. The molecule has 0 atom stereocenters. The van der Waals surface area contributed by atoms with E-state index >= 15 is 0 Å². The summed E-state index contributed by atoms with van der Waals surface area (Å²) in [5.74, 6) is -1.16. The lowest BCUT2D eigenvalue weighted by Crippen LogP contribution is -2.51. The molecule has 2 aromatic carbocycles. The Hall–Kier alpha value is -3.49. The number of carbonyl (C=O) groups is 3. The molecule has 4 N–H and O–H groups in total. The van der Waals surface area contributed by atoms with Crippen LogP contribution in [0, 0.1) is 0 Å². The van der Waals surface area contributed by atoms with Gasteiger partial charge in [0.05, 0.1) is 0 Å². The molecule has 0 saturated carbocycles. The highest BCUT2D eigenvalue weighted by atomic mass is 16.5. The SMILES string of the molecule is O=C1NC(=O)C(=Cc2ccccc2OCc2cccc(C(O)O)c2)C(=O)N1. The minimum Gasteiger partial charge on any atom is -0.488 e. The zero-order valence-electron chi connectivity index (χ0n) is 14.0. The second-order valence-corrected chi connectivity index (χ2v) is 5.74. The van der Waals surface area contributed by atoms with E-state index in [4.69, 9.17) is 4.74 Å². The lowest BCUT2D eigenvalue weighted by molar-refractivity contribution is -0.123. The lowest BCUT2D eigenvalue weighted by atomic mass is 10.1. The fourth-order valence-electron chi connectivity index (χ4n) is 2.50. The van der Waals surface area contributed by atoms with Gasteiger partial charge in [-0.3, -0.25) is 20.2 Å². The van der Waals surface area contributed by atoms with Crippen molar-refractivity contribution >= 4 is 23.9 Å². The van der Waals surface area contributed by atoms with Crippen molar-refractivity contribution in [2.45, 2.75) is 12.9 Å². The van der Waals surface area contributed by atoms with Gasteiger partial charge in [-0.1, -0.05) is 36.4 Å². The third-order valence-corrected chi connectivity index (χ3v) is 3.81. The van der Waals surface area contributed by atoms with Crippen LogP contribution in [0.15, 0.2) is 54.1 Å². The molecule has 0 spiro atoms. The summed E-state index contributed by atoms with van der Waals surface area (Å²) in [6.07, 6.45) is -0.242. The Morgan fingerprint density at radius 2 is 1.67 bits per heavy atom. The Morgan fingerprint density at radius 3 is 2.37 bits per heavy atom. The second-order valence-electron chi connectivity index (χ2n) is 5.74. The van der Waals surface area contributed by atoms with Gasteiger partial charge in [0.2, 0.25) is 0 Å². The van der Waals surface area contributed by atoms with Gasteiger partial charge in [-0.2, -0.15) is 0 Å². The molecule has 138 valence electrons. The minimum absolute atomic E-state index is 0.137. The molecular formula is C19H16N2O6. The van der Waals surface area contributed by atoms with Crippen LogP contribution < -0.4 is 15.4 Å². The Bertz CT molecular complexity index is 913. The Labute approximate surface area is 154 Å². The number of amides is 4. The highest BCUT2D eigenvalue weighted by Gasteiger charge is 2.27. The number of hydrogen-bond donors (Lipinski definition) is 4. The summed E-state index contributed by atoms with van der Waals surface area (Å²) in [4.78, 5) is 34.9. The van der Waals surface area contributed by atoms with Crippen molar-refractivity contribution in [3.8, 4) is 5.75 Å².